The number of nitrogens with zero attached hydrogens (tertiary/aromatic N) is 1. The molecular weight excluding hydrogens is 190 g/mol. The van der Waals surface area contributed by atoms with Gasteiger partial charge in [-0.2, -0.15) is 0 Å². The van der Waals surface area contributed by atoms with Crippen molar-refractivity contribution in [3.63, 3.8) is 0 Å². The molecule has 0 heterocycles. The maximum absolute atomic E-state index is 10.6. The molecule has 0 saturated carbocycles. The van der Waals surface area contributed by atoms with Crippen LogP contribution < -0.4 is 0 Å². The fraction of sp³-hybridized carbons (Fsp3) is 0.917. The predicted molar refractivity (Wildman–Crippen MR) is 63.0 cm³/mol. The van der Waals surface area contributed by atoms with Crippen LogP contribution in [0.5, 0.6) is 0 Å². The standard InChI is InChI=1S/C12H25NO2/c1-10(11(14)15)6-8-13(5)9-7-12(2,3)4/h10H,6-9H2,1-5H3,(H,14,15). The number of carbonyl (C=O) groups is 1. The van der Waals surface area contributed by atoms with Gasteiger partial charge in [0.25, 0.3) is 0 Å². The van der Waals surface area contributed by atoms with Crippen LogP contribution in [0.3, 0.4) is 0 Å². The van der Waals surface area contributed by atoms with Crippen molar-refractivity contribution < 1.29 is 9.90 Å². The zero-order valence-electron chi connectivity index (χ0n) is 10.7. The molecule has 3 nitrogen and oxygen atoms in total. The molecule has 0 amide bonds. The van der Waals surface area contributed by atoms with Gasteiger partial charge in [0.1, 0.15) is 0 Å². The maximum Gasteiger partial charge on any atom is 0.306 e. The Morgan fingerprint density at radius 2 is 1.87 bits per heavy atom. The minimum absolute atomic E-state index is 0.234. The molecule has 0 aromatic carbocycles. The molecule has 0 fully saturated rings. The molecule has 0 saturated heterocycles. The van der Waals surface area contributed by atoms with Crippen LogP contribution in [0.2, 0.25) is 0 Å². The van der Waals surface area contributed by atoms with E-state index < -0.39 is 5.97 Å². The van der Waals surface area contributed by atoms with Crippen LogP contribution in [0.4, 0.5) is 0 Å². The minimum atomic E-state index is -0.695. The van der Waals surface area contributed by atoms with Crippen LogP contribution >= 0.6 is 0 Å². The Bertz CT molecular complexity index is 196. The fourth-order valence-corrected chi connectivity index (χ4v) is 1.18. The highest BCUT2D eigenvalue weighted by molar-refractivity contribution is 5.69. The lowest BCUT2D eigenvalue weighted by molar-refractivity contribution is -0.141. The summed E-state index contributed by atoms with van der Waals surface area (Å²) in [5.41, 5.74) is 0.354. The lowest BCUT2D eigenvalue weighted by atomic mass is 9.92. The summed E-state index contributed by atoms with van der Waals surface area (Å²) < 4.78 is 0. The lowest BCUT2D eigenvalue weighted by Gasteiger charge is -2.23. The number of carboxylic acids is 1. The zero-order chi connectivity index (χ0) is 12.1. The van der Waals surface area contributed by atoms with Gasteiger partial charge in [-0.05, 0) is 38.4 Å². The Hall–Kier alpha value is -0.570. The van der Waals surface area contributed by atoms with Gasteiger partial charge in [0, 0.05) is 0 Å². The van der Waals surface area contributed by atoms with E-state index in [1.807, 2.05) is 0 Å². The molecule has 0 aliphatic rings. The SMILES string of the molecule is CC(CCN(C)CCC(C)(C)C)C(=O)O. The molecule has 1 unspecified atom stereocenters. The second-order valence-corrected chi connectivity index (χ2v) is 5.64. The predicted octanol–water partition coefficient (Wildman–Crippen LogP) is 2.47. The van der Waals surface area contributed by atoms with E-state index in [9.17, 15) is 4.79 Å². The van der Waals surface area contributed by atoms with Gasteiger partial charge < -0.3 is 10.0 Å². The zero-order valence-corrected chi connectivity index (χ0v) is 10.7. The highest BCUT2D eigenvalue weighted by Gasteiger charge is 2.14. The van der Waals surface area contributed by atoms with E-state index >= 15 is 0 Å². The summed E-state index contributed by atoms with van der Waals surface area (Å²) in [6.45, 7) is 10.3. The lowest BCUT2D eigenvalue weighted by Crippen LogP contribution is -2.26. The number of hydrogen-bond acceptors (Lipinski definition) is 2. The molecule has 0 aromatic rings. The van der Waals surface area contributed by atoms with Gasteiger partial charge in [0.15, 0.2) is 0 Å². The van der Waals surface area contributed by atoms with E-state index in [4.69, 9.17) is 5.11 Å². The van der Waals surface area contributed by atoms with Crippen LogP contribution in [0.25, 0.3) is 0 Å². The molecule has 1 atom stereocenters. The Morgan fingerprint density at radius 3 is 2.27 bits per heavy atom. The summed E-state index contributed by atoms with van der Waals surface area (Å²) in [6.07, 6.45) is 1.88. The van der Waals surface area contributed by atoms with E-state index in [0.717, 1.165) is 25.9 Å². The Labute approximate surface area is 93.5 Å². The first-order valence-electron chi connectivity index (χ1n) is 5.64. The van der Waals surface area contributed by atoms with Crippen LogP contribution in [-0.4, -0.2) is 36.1 Å². The summed E-state index contributed by atoms with van der Waals surface area (Å²) in [6, 6.07) is 0. The first-order chi connectivity index (χ1) is 6.72. The van der Waals surface area contributed by atoms with Crippen molar-refractivity contribution in [2.75, 3.05) is 20.1 Å². The van der Waals surface area contributed by atoms with Crippen molar-refractivity contribution in [2.24, 2.45) is 11.3 Å². The van der Waals surface area contributed by atoms with Gasteiger partial charge in [-0.25, -0.2) is 0 Å². The largest absolute Gasteiger partial charge is 0.481 e. The third kappa shape index (κ3) is 8.43. The third-order valence-electron chi connectivity index (χ3n) is 2.61. The van der Waals surface area contributed by atoms with Crippen molar-refractivity contribution in [3.8, 4) is 0 Å². The van der Waals surface area contributed by atoms with E-state index in [-0.39, 0.29) is 5.92 Å². The highest BCUT2D eigenvalue weighted by Crippen LogP contribution is 2.18. The molecule has 3 heteroatoms. The van der Waals surface area contributed by atoms with E-state index in [1.54, 1.807) is 6.92 Å². The van der Waals surface area contributed by atoms with Gasteiger partial charge in [0.05, 0.1) is 5.92 Å². The average molecular weight is 215 g/mol. The Balaban J connectivity index is 3.66. The summed E-state index contributed by atoms with van der Waals surface area (Å²) >= 11 is 0. The Morgan fingerprint density at radius 1 is 1.33 bits per heavy atom. The van der Waals surface area contributed by atoms with Crippen LogP contribution in [0.15, 0.2) is 0 Å². The van der Waals surface area contributed by atoms with Crippen LogP contribution in [0, 0.1) is 11.3 Å². The second-order valence-electron chi connectivity index (χ2n) is 5.64. The summed E-state index contributed by atoms with van der Waals surface area (Å²) in [4.78, 5) is 12.8. The summed E-state index contributed by atoms with van der Waals surface area (Å²) in [7, 11) is 2.06. The monoisotopic (exact) mass is 215 g/mol. The van der Waals surface area contributed by atoms with Crippen molar-refractivity contribution in [1.29, 1.82) is 0 Å². The Kier molecular flexibility index (Phi) is 5.88. The number of aliphatic carboxylic acids is 1. The quantitative estimate of drug-likeness (QED) is 0.740. The van der Waals surface area contributed by atoms with Crippen molar-refractivity contribution in [1.82, 2.24) is 4.90 Å². The number of carboxylic acid groups (broad SMARTS) is 1. The smallest absolute Gasteiger partial charge is 0.306 e. The molecule has 0 aliphatic carbocycles. The maximum atomic E-state index is 10.6. The normalized spacial score (nSPS) is 14.3. The molecule has 0 bridgehead atoms. The van der Waals surface area contributed by atoms with Crippen molar-refractivity contribution >= 4 is 5.97 Å². The molecule has 0 spiro atoms. The minimum Gasteiger partial charge on any atom is -0.481 e. The van der Waals surface area contributed by atoms with Crippen LogP contribution in [0.1, 0.15) is 40.5 Å². The van der Waals surface area contributed by atoms with Gasteiger partial charge >= 0.3 is 5.97 Å². The molecular formula is C12H25NO2. The van der Waals surface area contributed by atoms with Crippen molar-refractivity contribution in [3.05, 3.63) is 0 Å². The van der Waals surface area contributed by atoms with Gasteiger partial charge in [-0.1, -0.05) is 27.7 Å². The molecule has 0 radical (unpaired) electrons. The molecule has 0 rings (SSSR count). The van der Waals surface area contributed by atoms with Gasteiger partial charge in [-0.3, -0.25) is 4.79 Å². The van der Waals surface area contributed by atoms with Gasteiger partial charge in [-0.15, -0.1) is 0 Å². The fourth-order valence-electron chi connectivity index (χ4n) is 1.18. The van der Waals surface area contributed by atoms with E-state index in [2.05, 4.69) is 32.7 Å². The third-order valence-corrected chi connectivity index (χ3v) is 2.61. The average Bonchev–Trinajstić information content (AvgIpc) is 2.09. The van der Waals surface area contributed by atoms with E-state index in [0.29, 0.717) is 5.41 Å². The highest BCUT2D eigenvalue weighted by atomic mass is 16.4. The number of rotatable bonds is 6. The first-order valence-corrected chi connectivity index (χ1v) is 5.64. The topological polar surface area (TPSA) is 40.5 Å². The summed E-state index contributed by atoms with van der Waals surface area (Å²) in [5.74, 6) is -0.929. The molecule has 15 heavy (non-hydrogen) atoms. The molecule has 90 valence electrons. The molecule has 0 aliphatic heterocycles. The first kappa shape index (κ1) is 14.4. The van der Waals surface area contributed by atoms with Gasteiger partial charge in [0.2, 0.25) is 0 Å². The van der Waals surface area contributed by atoms with Crippen LogP contribution in [-0.2, 0) is 4.79 Å². The molecule has 1 N–H and O–H groups in total. The number of hydrogen-bond donors (Lipinski definition) is 1. The molecule has 0 aromatic heterocycles. The van der Waals surface area contributed by atoms with E-state index in [1.165, 1.54) is 0 Å². The second kappa shape index (κ2) is 6.11. The summed E-state index contributed by atoms with van der Waals surface area (Å²) in [5, 5.41) is 8.74. The van der Waals surface area contributed by atoms with Crippen molar-refractivity contribution in [2.45, 2.75) is 40.5 Å².